The van der Waals surface area contributed by atoms with Gasteiger partial charge in [0, 0.05) is 62.1 Å². The molecule has 0 atom stereocenters. The van der Waals surface area contributed by atoms with Crippen molar-refractivity contribution >= 4 is 28.3 Å². The number of ketones is 1. The predicted molar refractivity (Wildman–Crippen MR) is 112 cm³/mol. The lowest BCUT2D eigenvalue weighted by Gasteiger charge is -2.36. The van der Waals surface area contributed by atoms with Gasteiger partial charge in [-0.05, 0) is 48.7 Å². The molecule has 0 spiro atoms. The van der Waals surface area contributed by atoms with Crippen molar-refractivity contribution in [1.29, 1.82) is 0 Å². The highest BCUT2D eigenvalue weighted by atomic mass is 16.2. The molecule has 1 saturated heterocycles. The number of benzene rings is 2. The molecule has 1 aromatic heterocycles. The lowest BCUT2D eigenvalue weighted by molar-refractivity contribution is -0.131. The molecule has 1 aliphatic rings. The van der Waals surface area contributed by atoms with Gasteiger partial charge in [-0.3, -0.25) is 9.59 Å². The van der Waals surface area contributed by atoms with Crippen LogP contribution in [0.5, 0.6) is 0 Å². The van der Waals surface area contributed by atoms with Crippen molar-refractivity contribution < 1.29 is 9.59 Å². The highest BCUT2D eigenvalue weighted by Crippen LogP contribution is 2.19. The molecule has 0 N–H and O–H groups in total. The molecular formula is C23H25N3O2. The molecule has 0 bridgehead atoms. The molecule has 0 unspecified atom stereocenters. The van der Waals surface area contributed by atoms with Gasteiger partial charge in [0.1, 0.15) is 0 Å². The van der Waals surface area contributed by atoms with Gasteiger partial charge in [0.25, 0.3) is 0 Å². The number of para-hydroxylation sites is 1. The van der Waals surface area contributed by atoms with Gasteiger partial charge in [0.2, 0.25) is 5.91 Å². The summed E-state index contributed by atoms with van der Waals surface area (Å²) in [5.74, 6) is 0.293. The van der Waals surface area contributed by atoms with Crippen molar-refractivity contribution in [2.75, 3.05) is 31.1 Å². The number of Topliss-reactive ketones (excluding diaryl/α,β-unsaturated/α-hetero) is 1. The molecule has 0 saturated carbocycles. The van der Waals surface area contributed by atoms with E-state index in [1.807, 2.05) is 41.3 Å². The van der Waals surface area contributed by atoms with Gasteiger partial charge in [-0.2, -0.15) is 0 Å². The summed E-state index contributed by atoms with van der Waals surface area (Å²) in [4.78, 5) is 28.3. The van der Waals surface area contributed by atoms with Crippen molar-refractivity contribution in [1.82, 2.24) is 9.47 Å². The summed E-state index contributed by atoms with van der Waals surface area (Å²) in [6, 6.07) is 18.1. The van der Waals surface area contributed by atoms with E-state index in [1.165, 1.54) is 10.9 Å². The van der Waals surface area contributed by atoms with Crippen molar-refractivity contribution in [2.24, 2.45) is 0 Å². The fraction of sp³-hybridized carbons (Fsp3) is 0.304. The van der Waals surface area contributed by atoms with E-state index in [9.17, 15) is 9.59 Å². The number of aryl methyl sites for hydroxylation is 1. The van der Waals surface area contributed by atoms with Gasteiger partial charge >= 0.3 is 0 Å². The number of carbonyl (C=O) groups is 2. The predicted octanol–water partition coefficient (Wildman–Crippen LogP) is 3.58. The third-order valence-electron chi connectivity index (χ3n) is 5.52. The summed E-state index contributed by atoms with van der Waals surface area (Å²) in [6.07, 6.45) is 2.58. The third kappa shape index (κ3) is 3.79. The number of fused-ring (bicyclic) bond motifs is 1. The quantitative estimate of drug-likeness (QED) is 0.641. The molecule has 0 aliphatic carbocycles. The number of rotatable bonds is 5. The fourth-order valence-corrected chi connectivity index (χ4v) is 3.83. The molecule has 5 nitrogen and oxygen atoms in total. The zero-order chi connectivity index (χ0) is 19.5. The summed E-state index contributed by atoms with van der Waals surface area (Å²) in [6.45, 7) is 5.39. The van der Waals surface area contributed by atoms with Crippen LogP contribution in [0.4, 0.5) is 5.69 Å². The SMILES string of the molecule is CC(=O)c1ccc(N2CCN(C(=O)CCn3ccc4ccccc43)CC2)cc1. The summed E-state index contributed by atoms with van der Waals surface area (Å²) in [5, 5.41) is 1.21. The standard InChI is InChI=1S/C23H25N3O2/c1-18(27)19-6-8-21(9-7-19)24-14-16-26(17-15-24)23(28)11-13-25-12-10-20-4-2-3-5-22(20)25/h2-10,12H,11,13-17H2,1H3. The molecule has 3 aromatic rings. The van der Waals surface area contributed by atoms with Crippen molar-refractivity contribution in [3.8, 4) is 0 Å². The number of hydrogen-bond acceptors (Lipinski definition) is 3. The zero-order valence-corrected chi connectivity index (χ0v) is 16.2. The number of carbonyl (C=O) groups excluding carboxylic acids is 2. The molecule has 5 heteroatoms. The fourth-order valence-electron chi connectivity index (χ4n) is 3.83. The van der Waals surface area contributed by atoms with E-state index in [0.29, 0.717) is 13.0 Å². The van der Waals surface area contributed by atoms with Gasteiger partial charge in [-0.15, -0.1) is 0 Å². The van der Waals surface area contributed by atoms with E-state index < -0.39 is 0 Å². The average molecular weight is 375 g/mol. The van der Waals surface area contributed by atoms with Crippen LogP contribution in [0.2, 0.25) is 0 Å². The molecule has 1 aliphatic heterocycles. The van der Waals surface area contributed by atoms with Crippen LogP contribution in [0.15, 0.2) is 60.8 Å². The summed E-state index contributed by atoms with van der Waals surface area (Å²) >= 11 is 0. The highest BCUT2D eigenvalue weighted by Gasteiger charge is 2.21. The summed E-state index contributed by atoms with van der Waals surface area (Å²) in [5.41, 5.74) is 3.01. The first-order valence-electron chi connectivity index (χ1n) is 9.79. The van der Waals surface area contributed by atoms with Crippen molar-refractivity contribution in [2.45, 2.75) is 19.9 Å². The Morgan fingerprint density at radius 2 is 1.61 bits per heavy atom. The Bertz CT molecular complexity index is 983. The van der Waals surface area contributed by atoms with Crippen molar-refractivity contribution in [3.63, 3.8) is 0 Å². The van der Waals surface area contributed by atoms with Gasteiger partial charge < -0.3 is 14.4 Å². The van der Waals surface area contributed by atoms with E-state index in [1.54, 1.807) is 6.92 Å². The zero-order valence-electron chi connectivity index (χ0n) is 16.2. The van der Waals surface area contributed by atoms with Gasteiger partial charge in [0.05, 0.1) is 0 Å². The Morgan fingerprint density at radius 1 is 0.893 bits per heavy atom. The van der Waals surface area contributed by atoms with Gasteiger partial charge in [-0.1, -0.05) is 18.2 Å². The Morgan fingerprint density at radius 3 is 2.32 bits per heavy atom. The van der Waals surface area contributed by atoms with Gasteiger partial charge in [0.15, 0.2) is 5.78 Å². The van der Waals surface area contributed by atoms with Crippen LogP contribution in [0.3, 0.4) is 0 Å². The Kier molecular flexibility index (Phi) is 5.15. The van der Waals surface area contributed by atoms with E-state index in [2.05, 4.69) is 33.9 Å². The number of aromatic nitrogens is 1. The molecule has 0 radical (unpaired) electrons. The smallest absolute Gasteiger partial charge is 0.224 e. The lowest BCUT2D eigenvalue weighted by Crippen LogP contribution is -2.48. The largest absolute Gasteiger partial charge is 0.368 e. The van der Waals surface area contributed by atoms with Crippen LogP contribution in [0, 0.1) is 0 Å². The molecule has 1 amide bonds. The number of amides is 1. The second kappa shape index (κ2) is 7.89. The molecular weight excluding hydrogens is 350 g/mol. The first kappa shape index (κ1) is 18.3. The first-order valence-corrected chi connectivity index (χ1v) is 9.79. The van der Waals surface area contributed by atoms with Crippen LogP contribution < -0.4 is 4.90 Å². The minimum atomic E-state index is 0.0810. The van der Waals surface area contributed by atoms with Crippen LogP contribution in [0.25, 0.3) is 10.9 Å². The molecule has 144 valence electrons. The number of hydrogen-bond donors (Lipinski definition) is 0. The third-order valence-corrected chi connectivity index (χ3v) is 5.52. The molecule has 2 heterocycles. The molecule has 4 rings (SSSR count). The second-order valence-corrected chi connectivity index (χ2v) is 7.29. The van der Waals surface area contributed by atoms with Crippen LogP contribution in [0.1, 0.15) is 23.7 Å². The minimum Gasteiger partial charge on any atom is -0.368 e. The number of piperazine rings is 1. The first-order chi connectivity index (χ1) is 13.6. The summed E-state index contributed by atoms with van der Waals surface area (Å²) in [7, 11) is 0. The highest BCUT2D eigenvalue weighted by molar-refractivity contribution is 5.94. The number of nitrogens with zero attached hydrogens (tertiary/aromatic N) is 3. The Balaban J connectivity index is 1.30. The lowest BCUT2D eigenvalue weighted by atomic mass is 10.1. The second-order valence-electron chi connectivity index (χ2n) is 7.29. The Labute approximate surface area is 165 Å². The number of anilines is 1. The Hall–Kier alpha value is -3.08. The average Bonchev–Trinajstić information content (AvgIpc) is 3.15. The van der Waals surface area contributed by atoms with E-state index in [4.69, 9.17) is 0 Å². The molecule has 2 aromatic carbocycles. The van der Waals surface area contributed by atoms with Gasteiger partial charge in [-0.25, -0.2) is 0 Å². The topological polar surface area (TPSA) is 45.6 Å². The maximum absolute atomic E-state index is 12.6. The van der Waals surface area contributed by atoms with Crippen molar-refractivity contribution in [3.05, 3.63) is 66.4 Å². The van der Waals surface area contributed by atoms with E-state index >= 15 is 0 Å². The van der Waals surface area contributed by atoms with E-state index in [0.717, 1.165) is 37.4 Å². The maximum atomic E-state index is 12.6. The monoisotopic (exact) mass is 375 g/mol. The van der Waals surface area contributed by atoms with E-state index in [-0.39, 0.29) is 11.7 Å². The maximum Gasteiger partial charge on any atom is 0.224 e. The molecule has 1 fully saturated rings. The molecule has 28 heavy (non-hydrogen) atoms. The minimum absolute atomic E-state index is 0.0810. The normalized spacial score (nSPS) is 14.5. The van der Waals surface area contributed by atoms with Crippen LogP contribution in [-0.2, 0) is 11.3 Å². The summed E-state index contributed by atoms with van der Waals surface area (Å²) < 4.78 is 2.15. The van der Waals surface area contributed by atoms with Crippen LogP contribution in [-0.4, -0.2) is 47.3 Å². The van der Waals surface area contributed by atoms with Crippen LogP contribution >= 0.6 is 0 Å².